The van der Waals surface area contributed by atoms with Crippen LogP contribution in [0.4, 0.5) is 9.59 Å². The Bertz CT molecular complexity index is 1870. The van der Waals surface area contributed by atoms with E-state index in [2.05, 4.69) is 72.0 Å². The molecule has 2 fully saturated rings. The highest BCUT2D eigenvalue weighted by atomic mass is 16.7. The average Bonchev–Trinajstić information content (AvgIpc) is 3.51. The Morgan fingerprint density at radius 2 is 1.27 bits per heavy atom. The lowest BCUT2D eigenvalue weighted by Gasteiger charge is -2.24. The molecule has 0 bridgehead atoms. The van der Waals surface area contributed by atoms with E-state index in [-0.39, 0.29) is 6.09 Å². The van der Waals surface area contributed by atoms with Crippen LogP contribution < -0.4 is 0 Å². The topological polar surface area (TPSA) is 88.7 Å². The molecule has 6 rings (SSSR count). The maximum absolute atomic E-state index is 13.0. The molecular weight excluding hydrogens is 651 g/mol. The van der Waals surface area contributed by atoms with Gasteiger partial charge in [0.25, 0.3) is 0 Å². The first-order valence-corrected chi connectivity index (χ1v) is 19.7. The summed E-state index contributed by atoms with van der Waals surface area (Å²) >= 11 is 0. The largest absolute Gasteiger partial charge is 0.435 e. The Morgan fingerprint density at radius 3 is 1.87 bits per heavy atom. The predicted molar refractivity (Wildman–Crippen MR) is 210 cm³/mol. The summed E-state index contributed by atoms with van der Waals surface area (Å²) in [5, 5.41) is 11.2. The van der Waals surface area contributed by atoms with Crippen molar-refractivity contribution in [1.29, 1.82) is 0 Å². The van der Waals surface area contributed by atoms with Crippen LogP contribution in [0.5, 0.6) is 0 Å². The van der Waals surface area contributed by atoms with Gasteiger partial charge in [0.2, 0.25) is 0 Å². The Morgan fingerprint density at radius 1 is 0.692 bits per heavy atom. The lowest BCUT2D eigenvalue weighted by Crippen LogP contribution is -2.35. The van der Waals surface area contributed by atoms with Crippen molar-refractivity contribution in [1.82, 2.24) is 14.4 Å². The summed E-state index contributed by atoms with van der Waals surface area (Å²) < 4.78 is 2.42. The smallest absolute Gasteiger partial charge is 0.340 e. The maximum Gasteiger partial charge on any atom is 0.435 e. The molecule has 2 saturated heterocycles. The molecule has 0 radical (unpaired) electrons. The third-order valence-corrected chi connectivity index (χ3v) is 10.8. The summed E-state index contributed by atoms with van der Waals surface area (Å²) in [4.78, 5) is 40.7. The number of unbranched alkanes of at least 4 members (excludes halogenated alkanes) is 2. The standard InChI is InChI=1S/C43H55N5O4/c1-4-6-10-19-38(44-51-42(49)46-25-13-8-14-26-46)34-20-22-39-36(30-34)37-31-35(21-23-40(37)48(39)29-24-32(3)5-2)41(33-17-11-7-12-18-33)45-52-43(50)47-27-15-9-16-28-47/h7,11-12,17-18,20-23,30-32H,4-6,8-10,13-16,19,24-29H2,1-3H3/b44-38+,45-41+. The number of hydrogen-bond donors (Lipinski definition) is 0. The minimum atomic E-state index is -0.406. The van der Waals surface area contributed by atoms with Crippen molar-refractivity contribution in [3.8, 4) is 0 Å². The Balaban J connectivity index is 1.42. The molecule has 1 aromatic heterocycles. The predicted octanol–water partition coefficient (Wildman–Crippen LogP) is 10.5. The van der Waals surface area contributed by atoms with E-state index in [1.165, 1.54) is 0 Å². The summed E-state index contributed by atoms with van der Waals surface area (Å²) in [5.41, 5.74) is 6.36. The molecule has 2 aliphatic rings. The number of rotatable bonds is 13. The fourth-order valence-corrected chi connectivity index (χ4v) is 7.33. The molecule has 2 amide bonds. The van der Waals surface area contributed by atoms with Crippen LogP contribution in [0.15, 0.2) is 77.0 Å². The molecule has 52 heavy (non-hydrogen) atoms. The first kappa shape index (κ1) is 37.1. The molecular formula is C43H55N5O4. The molecule has 0 spiro atoms. The molecule has 0 aliphatic carbocycles. The second kappa shape index (κ2) is 18.2. The summed E-state index contributed by atoms with van der Waals surface area (Å²) in [6, 6.07) is 22.9. The Labute approximate surface area is 308 Å². The second-order valence-corrected chi connectivity index (χ2v) is 14.5. The number of piperidine rings is 2. The number of hydrogen-bond acceptors (Lipinski definition) is 6. The molecule has 4 aromatic rings. The minimum absolute atomic E-state index is 0.367. The number of benzene rings is 3. The van der Waals surface area contributed by atoms with Crippen molar-refractivity contribution >= 4 is 45.4 Å². The number of carbonyl (C=O) groups is 2. The first-order chi connectivity index (χ1) is 25.5. The van der Waals surface area contributed by atoms with Crippen molar-refractivity contribution in [3.63, 3.8) is 0 Å². The van der Waals surface area contributed by atoms with E-state index in [9.17, 15) is 9.59 Å². The van der Waals surface area contributed by atoms with Gasteiger partial charge < -0.3 is 14.4 Å². The van der Waals surface area contributed by atoms with Crippen LogP contribution >= 0.6 is 0 Å². The molecule has 1 unspecified atom stereocenters. The Kier molecular flexibility index (Phi) is 13.0. The third-order valence-electron chi connectivity index (χ3n) is 10.8. The maximum atomic E-state index is 13.0. The number of likely N-dealkylation sites (tertiary alicyclic amines) is 2. The Hall–Kier alpha value is -4.66. The van der Waals surface area contributed by atoms with Crippen LogP contribution in [-0.2, 0) is 16.2 Å². The molecule has 276 valence electrons. The summed E-state index contributed by atoms with van der Waals surface area (Å²) in [7, 11) is 0. The number of oxime groups is 2. The summed E-state index contributed by atoms with van der Waals surface area (Å²) in [6.45, 7) is 10.5. The number of fused-ring (bicyclic) bond motifs is 3. The molecule has 9 nitrogen and oxygen atoms in total. The number of nitrogens with zero attached hydrogens (tertiary/aromatic N) is 5. The van der Waals surface area contributed by atoms with Gasteiger partial charge in [0.1, 0.15) is 5.71 Å². The zero-order valence-electron chi connectivity index (χ0n) is 31.3. The highest BCUT2D eigenvalue weighted by molar-refractivity contribution is 6.17. The van der Waals surface area contributed by atoms with Crippen molar-refractivity contribution in [2.75, 3.05) is 26.2 Å². The zero-order valence-corrected chi connectivity index (χ0v) is 31.3. The van der Waals surface area contributed by atoms with Gasteiger partial charge >= 0.3 is 12.2 Å². The van der Waals surface area contributed by atoms with Gasteiger partial charge in [-0.1, -0.05) is 92.8 Å². The summed E-state index contributed by atoms with van der Waals surface area (Å²) in [5.74, 6) is 0.601. The fourth-order valence-electron chi connectivity index (χ4n) is 7.33. The molecule has 1 atom stereocenters. The van der Waals surface area contributed by atoms with E-state index in [0.717, 1.165) is 141 Å². The van der Waals surface area contributed by atoms with E-state index in [1.54, 1.807) is 9.80 Å². The van der Waals surface area contributed by atoms with Crippen LogP contribution in [0.3, 0.4) is 0 Å². The first-order valence-electron chi connectivity index (χ1n) is 19.7. The van der Waals surface area contributed by atoms with Crippen LogP contribution in [-0.4, -0.2) is 64.2 Å². The average molecular weight is 706 g/mol. The molecule has 3 heterocycles. The lowest BCUT2D eigenvalue weighted by molar-refractivity contribution is 0.0975. The highest BCUT2D eigenvalue weighted by Crippen LogP contribution is 2.33. The van der Waals surface area contributed by atoms with E-state index >= 15 is 0 Å². The van der Waals surface area contributed by atoms with E-state index in [4.69, 9.17) is 9.68 Å². The monoisotopic (exact) mass is 705 g/mol. The summed E-state index contributed by atoms with van der Waals surface area (Å²) in [6.07, 6.45) is 11.5. The van der Waals surface area contributed by atoms with Gasteiger partial charge in [-0.2, -0.15) is 0 Å². The van der Waals surface area contributed by atoms with Gasteiger partial charge in [-0.3, -0.25) is 9.68 Å². The van der Waals surface area contributed by atoms with Gasteiger partial charge in [0, 0.05) is 71.2 Å². The molecule has 3 aromatic carbocycles. The highest BCUT2D eigenvalue weighted by Gasteiger charge is 2.22. The number of amides is 2. The molecule has 9 heteroatoms. The number of aromatic nitrogens is 1. The zero-order chi connectivity index (χ0) is 36.3. The lowest BCUT2D eigenvalue weighted by atomic mass is 9.99. The van der Waals surface area contributed by atoms with Crippen molar-refractivity contribution < 1.29 is 19.3 Å². The molecule has 2 aliphatic heterocycles. The second-order valence-electron chi connectivity index (χ2n) is 14.5. The normalized spacial score (nSPS) is 16.4. The van der Waals surface area contributed by atoms with Crippen LogP contribution in [0, 0.1) is 5.92 Å². The number of carbonyl (C=O) groups excluding carboxylic acids is 2. The number of aryl methyl sites for hydroxylation is 1. The SMILES string of the molecule is CCCCC/C(=N\OC(=O)N1CCCCC1)c1ccc2c(c1)c1cc(/C(=N/OC(=O)N3CCCCC3)c3ccccc3)ccc1n2CCC(C)CC. The van der Waals surface area contributed by atoms with Crippen LogP contribution in [0.2, 0.25) is 0 Å². The van der Waals surface area contributed by atoms with Gasteiger partial charge in [-0.25, -0.2) is 9.59 Å². The van der Waals surface area contributed by atoms with E-state index in [1.807, 2.05) is 30.3 Å². The van der Waals surface area contributed by atoms with Crippen LogP contribution in [0.1, 0.15) is 115 Å². The minimum Gasteiger partial charge on any atom is -0.340 e. The van der Waals surface area contributed by atoms with Crippen molar-refractivity contribution in [2.24, 2.45) is 16.2 Å². The fraction of sp³-hybridized carbons (Fsp3) is 0.488. The van der Waals surface area contributed by atoms with Crippen molar-refractivity contribution in [2.45, 2.75) is 104 Å². The van der Waals surface area contributed by atoms with E-state index in [0.29, 0.717) is 24.7 Å². The van der Waals surface area contributed by atoms with Crippen LogP contribution in [0.25, 0.3) is 21.8 Å². The quantitative estimate of drug-likeness (QED) is 0.0599. The third kappa shape index (κ3) is 9.03. The van der Waals surface area contributed by atoms with E-state index < -0.39 is 6.09 Å². The van der Waals surface area contributed by atoms with Gasteiger partial charge in [0.15, 0.2) is 0 Å². The van der Waals surface area contributed by atoms with Gasteiger partial charge in [-0.05, 0) is 88.0 Å². The van der Waals surface area contributed by atoms with Gasteiger partial charge in [-0.15, -0.1) is 0 Å². The molecule has 0 saturated carbocycles. The van der Waals surface area contributed by atoms with Gasteiger partial charge in [0.05, 0.1) is 5.71 Å². The molecule has 0 N–H and O–H groups in total. The van der Waals surface area contributed by atoms with Crippen molar-refractivity contribution in [3.05, 3.63) is 83.4 Å².